The fourth-order valence-corrected chi connectivity index (χ4v) is 3.98. The molecule has 0 atom stereocenters. The molecule has 0 saturated carbocycles. The molecular formula is C25H23N3O4. The number of hydrogen-bond acceptors (Lipinski definition) is 5. The molecule has 0 spiro atoms. The lowest BCUT2D eigenvalue weighted by Gasteiger charge is -2.20. The van der Waals surface area contributed by atoms with Gasteiger partial charge >= 0.3 is 0 Å². The molecule has 0 aliphatic carbocycles. The van der Waals surface area contributed by atoms with Crippen molar-refractivity contribution in [1.82, 2.24) is 14.9 Å². The number of nitrogens with zero attached hydrogens (tertiary/aromatic N) is 2. The van der Waals surface area contributed by atoms with E-state index in [-0.39, 0.29) is 5.91 Å². The first-order valence-corrected chi connectivity index (χ1v) is 10.4. The maximum atomic E-state index is 13.3. The van der Waals surface area contributed by atoms with Crippen LogP contribution in [-0.4, -0.2) is 48.1 Å². The Balaban J connectivity index is 1.41. The number of carbonyl (C=O) groups is 1. The third-order valence-corrected chi connectivity index (χ3v) is 5.67. The number of aromatic nitrogens is 2. The number of pyridine rings is 1. The Kier molecular flexibility index (Phi) is 5.15. The van der Waals surface area contributed by atoms with Gasteiger partial charge in [0.2, 0.25) is 0 Å². The largest absolute Gasteiger partial charge is 0.493 e. The van der Waals surface area contributed by atoms with Crippen LogP contribution < -0.4 is 14.2 Å². The second-order valence-corrected chi connectivity index (χ2v) is 7.61. The quantitative estimate of drug-likeness (QED) is 0.512. The van der Waals surface area contributed by atoms with Crippen LogP contribution in [0.1, 0.15) is 15.9 Å². The van der Waals surface area contributed by atoms with Crippen LogP contribution in [0.3, 0.4) is 0 Å². The molecule has 4 aromatic rings. The predicted molar refractivity (Wildman–Crippen MR) is 121 cm³/mol. The number of fused-ring (bicyclic) bond motifs is 2. The van der Waals surface area contributed by atoms with E-state index in [9.17, 15) is 4.79 Å². The Morgan fingerprint density at radius 3 is 2.75 bits per heavy atom. The zero-order valence-corrected chi connectivity index (χ0v) is 17.9. The van der Waals surface area contributed by atoms with E-state index >= 15 is 0 Å². The molecule has 1 aliphatic heterocycles. The van der Waals surface area contributed by atoms with Crippen molar-refractivity contribution in [3.8, 4) is 28.4 Å². The molecule has 0 unspecified atom stereocenters. The van der Waals surface area contributed by atoms with E-state index in [4.69, 9.17) is 14.2 Å². The smallest absolute Gasteiger partial charge is 0.258 e. The molecule has 7 heteroatoms. The number of carbonyl (C=O) groups excluding carboxylic acids is 1. The van der Waals surface area contributed by atoms with Crippen LogP contribution in [0.15, 0.2) is 60.9 Å². The van der Waals surface area contributed by atoms with Gasteiger partial charge in [-0.2, -0.15) is 0 Å². The van der Waals surface area contributed by atoms with Gasteiger partial charge in [0.15, 0.2) is 11.5 Å². The molecule has 5 rings (SSSR count). The third-order valence-electron chi connectivity index (χ3n) is 5.67. The molecule has 0 radical (unpaired) electrons. The number of aromatic amines is 1. The Hall–Kier alpha value is -4.00. The molecule has 162 valence electrons. The minimum atomic E-state index is -0.0574. The van der Waals surface area contributed by atoms with E-state index in [2.05, 4.69) is 16.0 Å². The fourth-order valence-electron chi connectivity index (χ4n) is 3.98. The summed E-state index contributed by atoms with van der Waals surface area (Å²) in [5.74, 6) is 1.84. The lowest BCUT2D eigenvalue weighted by atomic mass is 10.0. The van der Waals surface area contributed by atoms with Crippen LogP contribution in [0, 0.1) is 0 Å². The molecule has 3 heterocycles. The third kappa shape index (κ3) is 3.62. The Morgan fingerprint density at radius 1 is 1.03 bits per heavy atom. The van der Waals surface area contributed by atoms with E-state index in [1.165, 1.54) is 0 Å². The number of nitrogens with one attached hydrogen (secondary N) is 1. The maximum absolute atomic E-state index is 13.3. The molecule has 7 nitrogen and oxygen atoms in total. The van der Waals surface area contributed by atoms with Crippen molar-refractivity contribution in [2.75, 3.05) is 27.4 Å². The Labute approximate surface area is 185 Å². The highest BCUT2D eigenvalue weighted by Gasteiger charge is 2.24. The zero-order valence-electron chi connectivity index (χ0n) is 17.9. The van der Waals surface area contributed by atoms with Crippen LogP contribution in [0.5, 0.6) is 17.2 Å². The van der Waals surface area contributed by atoms with Crippen LogP contribution in [0.4, 0.5) is 0 Å². The molecule has 0 saturated heterocycles. The first kappa shape index (κ1) is 19.9. The van der Waals surface area contributed by atoms with Crippen molar-refractivity contribution in [2.45, 2.75) is 6.54 Å². The van der Waals surface area contributed by atoms with Crippen molar-refractivity contribution >= 4 is 16.9 Å². The summed E-state index contributed by atoms with van der Waals surface area (Å²) in [5.41, 5.74) is 4.30. The van der Waals surface area contributed by atoms with Crippen LogP contribution >= 0.6 is 0 Å². The van der Waals surface area contributed by atoms with Crippen molar-refractivity contribution in [2.24, 2.45) is 0 Å². The summed E-state index contributed by atoms with van der Waals surface area (Å²) in [6.45, 7) is 1.37. The van der Waals surface area contributed by atoms with Crippen LogP contribution in [0.2, 0.25) is 0 Å². The van der Waals surface area contributed by atoms with Gasteiger partial charge in [-0.15, -0.1) is 0 Å². The first-order chi connectivity index (χ1) is 15.7. The monoisotopic (exact) mass is 429 g/mol. The normalized spacial score (nSPS) is 13.4. The van der Waals surface area contributed by atoms with Gasteiger partial charge in [-0.05, 0) is 47.5 Å². The second kappa shape index (κ2) is 8.26. The number of H-pyrrole nitrogens is 1. The standard InChI is InChI=1S/C25H23N3O4/c1-30-21-6-3-16(11-23(21)31-2)15-28-9-10-32-22-13-17(4-5-20(22)25(28)29)19-12-18-7-8-26-24(18)27-14-19/h3-8,11-14H,9-10,15H2,1-2H3,(H,26,27). The Morgan fingerprint density at radius 2 is 1.91 bits per heavy atom. The summed E-state index contributed by atoms with van der Waals surface area (Å²) in [6, 6.07) is 15.4. The van der Waals surface area contributed by atoms with E-state index in [1.54, 1.807) is 19.1 Å². The summed E-state index contributed by atoms with van der Waals surface area (Å²) in [7, 11) is 3.20. The highest BCUT2D eigenvalue weighted by molar-refractivity contribution is 5.98. The molecule has 1 N–H and O–H groups in total. The van der Waals surface area contributed by atoms with E-state index in [0.717, 1.165) is 27.7 Å². The summed E-state index contributed by atoms with van der Waals surface area (Å²) >= 11 is 0. The topological polar surface area (TPSA) is 76.7 Å². The molecule has 32 heavy (non-hydrogen) atoms. The summed E-state index contributed by atoms with van der Waals surface area (Å²) in [5, 5.41) is 1.04. The fraction of sp³-hybridized carbons (Fsp3) is 0.200. The average Bonchev–Trinajstić information content (AvgIpc) is 3.25. The minimum Gasteiger partial charge on any atom is -0.493 e. The molecule has 2 aromatic heterocycles. The van der Waals surface area contributed by atoms with Gasteiger partial charge in [-0.25, -0.2) is 4.98 Å². The lowest BCUT2D eigenvalue weighted by Crippen LogP contribution is -2.31. The summed E-state index contributed by atoms with van der Waals surface area (Å²) in [6.07, 6.45) is 3.69. The number of ether oxygens (including phenoxy) is 3. The highest BCUT2D eigenvalue weighted by atomic mass is 16.5. The van der Waals surface area contributed by atoms with Crippen molar-refractivity contribution < 1.29 is 19.0 Å². The summed E-state index contributed by atoms with van der Waals surface area (Å²) in [4.78, 5) is 22.6. The van der Waals surface area contributed by atoms with Gasteiger partial charge < -0.3 is 24.1 Å². The highest BCUT2D eigenvalue weighted by Crippen LogP contribution is 2.32. The second-order valence-electron chi connectivity index (χ2n) is 7.61. The van der Waals surface area contributed by atoms with Crippen molar-refractivity contribution in [3.63, 3.8) is 0 Å². The van der Waals surface area contributed by atoms with Crippen LogP contribution in [0.25, 0.3) is 22.2 Å². The number of rotatable bonds is 5. The molecule has 0 bridgehead atoms. The number of methoxy groups -OCH3 is 2. The van der Waals surface area contributed by atoms with Crippen LogP contribution in [-0.2, 0) is 6.54 Å². The van der Waals surface area contributed by atoms with Gasteiger partial charge in [0, 0.05) is 29.9 Å². The number of hydrogen-bond donors (Lipinski definition) is 1. The van der Waals surface area contributed by atoms with Gasteiger partial charge in [-0.1, -0.05) is 12.1 Å². The summed E-state index contributed by atoms with van der Waals surface area (Å²) < 4.78 is 16.7. The molecule has 0 fully saturated rings. The minimum absolute atomic E-state index is 0.0574. The maximum Gasteiger partial charge on any atom is 0.258 e. The average molecular weight is 429 g/mol. The molecular weight excluding hydrogens is 406 g/mol. The van der Waals surface area contributed by atoms with E-state index < -0.39 is 0 Å². The number of benzene rings is 2. The molecule has 2 aromatic carbocycles. The predicted octanol–water partition coefficient (Wildman–Crippen LogP) is 4.28. The van der Waals surface area contributed by atoms with E-state index in [1.807, 2.05) is 54.9 Å². The zero-order chi connectivity index (χ0) is 22.1. The van der Waals surface area contributed by atoms with Gasteiger partial charge in [0.05, 0.1) is 26.3 Å². The van der Waals surface area contributed by atoms with Gasteiger partial charge in [0.1, 0.15) is 18.0 Å². The van der Waals surface area contributed by atoms with E-state index in [0.29, 0.717) is 42.5 Å². The van der Waals surface area contributed by atoms with Gasteiger partial charge in [-0.3, -0.25) is 4.79 Å². The SMILES string of the molecule is COc1ccc(CN2CCOc3cc(-c4cnc5[nH]ccc5c4)ccc3C2=O)cc1OC. The number of amides is 1. The van der Waals surface area contributed by atoms with Gasteiger partial charge in [0.25, 0.3) is 5.91 Å². The van der Waals surface area contributed by atoms with Crippen molar-refractivity contribution in [1.29, 1.82) is 0 Å². The first-order valence-electron chi connectivity index (χ1n) is 10.4. The Bertz CT molecular complexity index is 1300. The lowest BCUT2D eigenvalue weighted by molar-refractivity contribution is 0.0743. The molecule has 1 amide bonds. The molecule has 1 aliphatic rings. The van der Waals surface area contributed by atoms with Crippen molar-refractivity contribution in [3.05, 3.63) is 72.1 Å².